The Hall–Kier alpha value is -3.35. The number of hydrogen-bond acceptors (Lipinski definition) is 6. The average molecular weight is 413 g/mol. The quantitative estimate of drug-likeness (QED) is 0.491. The Morgan fingerprint density at radius 1 is 0.967 bits per heavy atom. The molecule has 2 rings (SSSR count). The van der Waals surface area contributed by atoms with Crippen molar-refractivity contribution in [3.63, 3.8) is 0 Å². The van der Waals surface area contributed by atoms with E-state index in [0.29, 0.717) is 35.3 Å². The van der Waals surface area contributed by atoms with Crippen LogP contribution in [0.5, 0.6) is 11.5 Å². The third kappa shape index (κ3) is 6.34. The van der Waals surface area contributed by atoms with Gasteiger partial charge in [-0.15, -0.1) is 0 Å². The minimum Gasteiger partial charge on any atom is -0.493 e. The number of ketones is 1. The first kappa shape index (κ1) is 22.9. The highest BCUT2D eigenvalue weighted by Crippen LogP contribution is 2.29. The van der Waals surface area contributed by atoms with E-state index >= 15 is 0 Å². The van der Waals surface area contributed by atoms with E-state index in [0.717, 1.165) is 0 Å². The van der Waals surface area contributed by atoms with Crippen molar-refractivity contribution in [3.05, 3.63) is 53.6 Å². The van der Waals surface area contributed by atoms with Gasteiger partial charge in [-0.3, -0.25) is 9.59 Å². The van der Waals surface area contributed by atoms with Gasteiger partial charge in [0, 0.05) is 11.3 Å². The van der Waals surface area contributed by atoms with Crippen molar-refractivity contribution < 1.29 is 28.6 Å². The summed E-state index contributed by atoms with van der Waals surface area (Å²) in [7, 11) is 1.48. The van der Waals surface area contributed by atoms with E-state index in [1.165, 1.54) is 27.0 Å². The summed E-state index contributed by atoms with van der Waals surface area (Å²) < 4.78 is 16.2. The summed E-state index contributed by atoms with van der Waals surface area (Å²) in [5.41, 5.74) is 1.16. The van der Waals surface area contributed by atoms with Crippen LogP contribution in [0.1, 0.15) is 48.4 Å². The van der Waals surface area contributed by atoms with Crippen molar-refractivity contribution >= 4 is 23.3 Å². The number of rotatable bonds is 9. The minimum atomic E-state index is -1.04. The lowest BCUT2D eigenvalue weighted by atomic mass is 10.1. The number of amides is 1. The van der Waals surface area contributed by atoms with Crippen LogP contribution in [0.4, 0.5) is 5.69 Å². The zero-order valence-electron chi connectivity index (χ0n) is 17.9. The highest BCUT2D eigenvalue weighted by molar-refractivity contribution is 5.99. The predicted molar refractivity (Wildman–Crippen MR) is 113 cm³/mol. The molecule has 0 aliphatic heterocycles. The number of anilines is 1. The van der Waals surface area contributed by atoms with Crippen LogP contribution in [0.3, 0.4) is 0 Å². The molecule has 0 bridgehead atoms. The van der Waals surface area contributed by atoms with Crippen molar-refractivity contribution in [1.82, 2.24) is 0 Å². The second-order valence-electron chi connectivity index (χ2n) is 7.24. The van der Waals surface area contributed by atoms with Crippen LogP contribution in [0, 0.1) is 5.92 Å². The molecule has 0 aliphatic rings. The van der Waals surface area contributed by atoms with Crippen molar-refractivity contribution in [2.75, 3.05) is 19.0 Å². The Kier molecular flexibility index (Phi) is 7.98. The summed E-state index contributed by atoms with van der Waals surface area (Å²) in [6, 6.07) is 11.2. The van der Waals surface area contributed by atoms with Crippen molar-refractivity contribution in [2.24, 2.45) is 5.92 Å². The molecule has 0 radical (unpaired) electrons. The van der Waals surface area contributed by atoms with Crippen LogP contribution >= 0.6 is 0 Å². The van der Waals surface area contributed by atoms with Gasteiger partial charge in [0.25, 0.3) is 5.91 Å². The predicted octanol–water partition coefficient (Wildman–Crippen LogP) is 4.12. The zero-order valence-corrected chi connectivity index (χ0v) is 17.9. The largest absolute Gasteiger partial charge is 0.493 e. The molecule has 0 spiro atoms. The molecule has 0 unspecified atom stereocenters. The van der Waals surface area contributed by atoms with E-state index in [4.69, 9.17) is 14.2 Å². The number of carbonyl (C=O) groups excluding carboxylic acids is 3. The van der Waals surface area contributed by atoms with Crippen LogP contribution in [-0.2, 0) is 9.53 Å². The lowest BCUT2D eigenvalue weighted by Gasteiger charge is -2.15. The summed E-state index contributed by atoms with van der Waals surface area (Å²) in [6.07, 6.45) is -1.04. The maximum atomic E-state index is 12.5. The maximum Gasteiger partial charge on any atom is 0.339 e. The van der Waals surface area contributed by atoms with Crippen molar-refractivity contribution in [2.45, 2.75) is 33.8 Å². The van der Waals surface area contributed by atoms with Gasteiger partial charge in [0.15, 0.2) is 23.4 Å². The van der Waals surface area contributed by atoms with Gasteiger partial charge < -0.3 is 19.5 Å². The fourth-order valence-corrected chi connectivity index (χ4v) is 2.51. The van der Waals surface area contributed by atoms with Crippen LogP contribution in [-0.4, -0.2) is 37.5 Å². The molecule has 2 aromatic carbocycles. The number of Topliss-reactive ketones (excluding diaryl/α,β-unsaturated/α-hetero) is 1. The SMILES string of the molecule is COc1cc(C(=O)O[C@H](C)C(=O)Nc2cccc(C(C)=O)c2)ccc1OCC(C)C. The Bertz CT molecular complexity index is 922. The smallest absolute Gasteiger partial charge is 0.339 e. The Morgan fingerprint density at radius 2 is 1.70 bits per heavy atom. The number of esters is 1. The molecule has 0 saturated heterocycles. The number of benzene rings is 2. The zero-order chi connectivity index (χ0) is 22.3. The Morgan fingerprint density at radius 3 is 2.33 bits per heavy atom. The molecule has 1 N–H and O–H groups in total. The first-order chi connectivity index (χ1) is 14.2. The van der Waals surface area contributed by atoms with E-state index in [-0.39, 0.29) is 11.3 Å². The molecule has 0 saturated carbocycles. The van der Waals surface area contributed by atoms with Gasteiger partial charge in [-0.05, 0) is 50.1 Å². The number of nitrogens with one attached hydrogen (secondary N) is 1. The fourth-order valence-electron chi connectivity index (χ4n) is 2.51. The molecule has 0 aliphatic carbocycles. The van der Waals surface area contributed by atoms with Gasteiger partial charge in [-0.2, -0.15) is 0 Å². The molecular formula is C23H27NO6. The number of ether oxygens (including phenoxy) is 3. The second-order valence-corrected chi connectivity index (χ2v) is 7.24. The fraction of sp³-hybridized carbons (Fsp3) is 0.348. The molecular weight excluding hydrogens is 386 g/mol. The van der Waals surface area contributed by atoms with E-state index in [9.17, 15) is 14.4 Å². The van der Waals surface area contributed by atoms with E-state index in [1.54, 1.807) is 36.4 Å². The van der Waals surface area contributed by atoms with E-state index in [1.807, 2.05) is 13.8 Å². The van der Waals surface area contributed by atoms with Crippen LogP contribution in [0.15, 0.2) is 42.5 Å². The summed E-state index contributed by atoms with van der Waals surface area (Å²) >= 11 is 0. The van der Waals surface area contributed by atoms with E-state index < -0.39 is 18.0 Å². The highest BCUT2D eigenvalue weighted by Gasteiger charge is 2.20. The number of carbonyl (C=O) groups is 3. The topological polar surface area (TPSA) is 90.9 Å². The monoisotopic (exact) mass is 413 g/mol. The van der Waals surface area contributed by atoms with Gasteiger partial charge in [0.05, 0.1) is 19.3 Å². The third-order valence-electron chi connectivity index (χ3n) is 4.16. The van der Waals surface area contributed by atoms with Crippen LogP contribution in [0.25, 0.3) is 0 Å². The average Bonchev–Trinajstić information content (AvgIpc) is 2.71. The molecule has 1 atom stereocenters. The molecule has 7 heteroatoms. The Labute approximate surface area is 176 Å². The molecule has 0 fully saturated rings. The summed E-state index contributed by atoms with van der Waals surface area (Å²) in [6.45, 7) is 7.49. The van der Waals surface area contributed by atoms with Crippen molar-refractivity contribution in [1.29, 1.82) is 0 Å². The highest BCUT2D eigenvalue weighted by atomic mass is 16.5. The lowest BCUT2D eigenvalue weighted by Crippen LogP contribution is -2.30. The van der Waals surface area contributed by atoms with Gasteiger partial charge in [-0.25, -0.2) is 4.79 Å². The first-order valence-electron chi connectivity index (χ1n) is 9.65. The molecule has 7 nitrogen and oxygen atoms in total. The molecule has 1 amide bonds. The van der Waals surface area contributed by atoms with Gasteiger partial charge in [0.2, 0.25) is 0 Å². The standard InChI is InChI=1S/C23H27NO6/c1-14(2)13-29-20-10-9-18(12-21(20)28-5)23(27)30-16(4)22(26)24-19-8-6-7-17(11-19)15(3)25/h6-12,14,16H,13H2,1-5H3,(H,24,26)/t16-/m1/s1. The summed E-state index contributed by atoms with van der Waals surface area (Å²) in [4.78, 5) is 36.3. The van der Waals surface area contributed by atoms with Crippen LogP contribution in [0.2, 0.25) is 0 Å². The number of hydrogen-bond donors (Lipinski definition) is 1. The Balaban J connectivity index is 2.03. The van der Waals surface area contributed by atoms with E-state index in [2.05, 4.69) is 5.32 Å². The summed E-state index contributed by atoms with van der Waals surface area (Å²) in [5, 5.41) is 2.64. The van der Waals surface area contributed by atoms with Gasteiger partial charge in [-0.1, -0.05) is 26.0 Å². The van der Waals surface area contributed by atoms with Gasteiger partial charge >= 0.3 is 5.97 Å². The minimum absolute atomic E-state index is 0.111. The summed E-state index contributed by atoms with van der Waals surface area (Å²) in [5.74, 6) is -0.00547. The first-order valence-corrected chi connectivity index (χ1v) is 9.65. The molecule has 2 aromatic rings. The number of methoxy groups -OCH3 is 1. The lowest BCUT2D eigenvalue weighted by molar-refractivity contribution is -0.123. The third-order valence-corrected chi connectivity index (χ3v) is 4.16. The van der Waals surface area contributed by atoms with Crippen molar-refractivity contribution in [3.8, 4) is 11.5 Å². The van der Waals surface area contributed by atoms with Gasteiger partial charge in [0.1, 0.15) is 0 Å². The normalized spacial score (nSPS) is 11.5. The maximum absolute atomic E-state index is 12.5. The molecule has 0 heterocycles. The van der Waals surface area contributed by atoms with Crippen LogP contribution < -0.4 is 14.8 Å². The second kappa shape index (κ2) is 10.4. The molecule has 160 valence electrons. The molecule has 0 aromatic heterocycles. The molecule has 30 heavy (non-hydrogen) atoms.